The zero-order chi connectivity index (χ0) is 19.7. The summed E-state index contributed by atoms with van der Waals surface area (Å²) in [4.78, 5) is 21.8. The van der Waals surface area contributed by atoms with E-state index in [0.717, 1.165) is 28.7 Å². The van der Waals surface area contributed by atoms with Crippen LogP contribution in [0.3, 0.4) is 0 Å². The van der Waals surface area contributed by atoms with Crippen molar-refractivity contribution < 1.29 is 4.79 Å². The number of aryl methyl sites for hydroxylation is 2. The fourth-order valence-corrected chi connectivity index (χ4v) is 5.55. The monoisotopic (exact) mass is 441 g/mol. The number of hydrogen-bond donors (Lipinski definition) is 0. The van der Waals surface area contributed by atoms with Gasteiger partial charge >= 0.3 is 0 Å². The van der Waals surface area contributed by atoms with Crippen molar-refractivity contribution in [2.24, 2.45) is 0 Å². The van der Waals surface area contributed by atoms with Crippen LogP contribution in [0.25, 0.3) is 10.2 Å². The largest absolute Gasteiger partial charge is 0.309 e. The Labute approximate surface area is 177 Å². The minimum atomic E-state index is -0.157. The van der Waals surface area contributed by atoms with E-state index in [1.165, 1.54) is 28.2 Å². The summed E-state index contributed by atoms with van der Waals surface area (Å²) in [5, 5.41) is 0.695. The summed E-state index contributed by atoms with van der Waals surface area (Å²) in [5.41, 5.74) is 3.68. The maximum atomic E-state index is 13.2. The van der Waals surface area contributed by atoms with Crippen molar-refractivity contribution in [1.29, 1.82) is 0 Å². The van der Waals surface area contributed by atoms with Crippen molar-refractivity contribution in [3.8, 4) is 0 Å². The molecule has 0 saturated heterocycles. The van der Waals surface area contributed by atoms with Gasteiger partial charge in [0.25, 0.3) is 5.91 Å². The molecule has 0 saturated carbocycles. The number of hydrogen-bond acceptors (Lipinski definition) is 5. The molecule has 3 rings (SSSR count). The Hall–Kier alpha value is -1.18. The fraction of sp³-hybridized carbons (Fsp3) is 0.368. The van der Waals surface area contributed by atoms with Crippen molar-refractivity contribution in [2.75, 3.05) is 32.1 Å². The van der Waals surface area contributed by atoms with Gasteiger partial charge in [-0.05, 0) is 64.2 Å². The van der Waals surface area contributed by atoms with Gasteiger partial charge < -0.3 is 4.90 Å². The maximum Gasteiger partial charge on any atom is 0.262 e. The summed E-state index contributed by atoms with van der Waals surface area (Å²) in [6.45, 7) is 5.56. The summed E-state index contributed by atoms with van der Waals surface area (Å²) < 4.78 is 2.01. The number of rotatable bonds is 6. The van der Waals surface area contributed by atoms with Crippen molar-refractivity contribution >= 4 is 67.1 Å². The first-order chi connectivity index (χ1) is 12.8. The molecule has 0 fully saturated rings. The van der Waals surface area contributed by atoms with Crippen LogP contribution >= 0.6 is 45.9 Å². The Balaban J connectivity index is 2.00. The predicted molar refractivity (Wildman–Crippen MR) is 118 cm³/mol. The zero-order valence-corrected chi connectivity index (χ0v) is 18.8. The number of fused-ring (bicyclic) bond motifs is 1. The summed E-state index contributed by atoms with van der Waals surface area (Å²) >= 11 is 15.0. The van der Waals surface area contributed by atoms with Crippen LogP contribution in [-0.2, 0) is 0 Å². The lowest BCUT2D eigenvalue weighted by Gasteiger charge is -2.20. The molecule has 8 heteroatoms. The molecule has 0 unspecified atom stereocenters. The molecule has 0 aliphatic carbocycles. The fourth-order valence-electron chi connectivity index (χ4n) is 2.93. The van der Waals surface area contributed by atoms with Gasteiger partial charge in [-0.1, -0.05) is 40.6 Å². The Bertz CT molecular complexity index is 981. The number of aromatic nitrogens is 1. The van der Waals surface area contributed by atoms with Crippen LogP contribution in [0.4, 0.5) is 5.13 Å². The molecule has 2 heterocycles. The van der Waals surface area contributed by atoms with Crippen LogP contribution in [0.2, 0.25) is 8.67 Å². The number of amides is 1. The summed E-state index contributed by atoms with van der Waals surface area (Å²) in [5.74, 6) is -0.157. The molecule has 4 nitrogen and oxygen atoms in total. The quantitative estimate of drug-likeness (QED) is 0.478. The highest BCUT2D eigenvalue weighted by Crippen LogP contribution is 2.36. The molecule has 0 aliphatic heterocycles. The topological polar surface area (TPSA) is 36.4 Å². The number of thiazole rings is 1. The van der Waals surface area contributed by atoms with Crippen molar-refractivity contribution in [1.82, 2.24) is 9.88 Å². The first kappa shape index (κ1) is 20.6. The highest BCUT2D eigenvalue weighted by molar-refractivity contribution is 7.22. The smallest absolute Gasteiger partial charge is 0.262 e. The molecule has 1 aromatic carbocycles. The molecule has 27 heavy (non-hydrogen) atoms. The lowest BCUT2D eigenvalue weighted by Crippen LogP contribution is -2.33. The molecule has 0 bridgehead atoms. The van der Waals surface area contributed by atoms with Crippen molar-refractivity contribution in [2.45, 2.75) is 20.3 Å². The highest BCUT2D eigenvalue weighted by atomic mass is 35.5. The van der Waals surface area contributed by atoms with Gasteiger partial charge in [0.05, 0.1) is 20.1 Å². The average molecular weight is 442 g/mol. The summed E-state index contributed by atoms with van der Waals surface area (Å²) in [7, 11) is 4.04. The van der Waals surface area contributed by atoms with E-state index in [2.05, 4.69) is 24.0 Å². The van der Waals surface area contributed by atoms with Gasteiger partial charge in [0.2, 0.25) is 0 Å². The molecular weight excluding hydrogens is 421 g/mol. The van der Waals surface area contributed by atoms with Crippen LogP contribution in [0.15, 0.2) is 18.2 Å². The molecule has 3 aromatic rings. The van der Waals surface area contributed by atoms with Crippen LogP contribution in [-0.4, -0.2) is 43.0 Å². The van der Waals surface area contributed by atoms with Crippen LogP contribution < -0.4 is 4.90 Å². The second kappa shape index (κ2) is 8.45. The Morgan fingerprint density at radius 1 is 1.11 bits per heavy atom. The lowest BCUT2D eigenvalue weighted by molar-refractivity contribution is 0.0986. The third-order valence-electron chi connectivity index (χ3n) is 4.17. The number of thiophene rings is 1. The van der Waals surface area contributed by atoms with E-state index in [0.29, 0.717) is 25.9 Å². The minimum Gasteiger partial charge on any atom is -0.309 e. The van der Waals surface area contributed by atoms with Gasteiger partial charge in [-0.3, -0.25) is 9.69 Å². The van der Waals surface area contributed by atoms with Crippen molar-refractivity contribution in [3.63, 3.8) is 0 Å². The van der Waals surface area contributed by atoms with Crippen LogP contribution in [0, 0.1) is 13.8 Å². The van der Waals surface area contributed by atoms with Gasteiger partial charge in [-0.15, -0.1) is 11.3 Å². The minimum absolute atomic E-state index is 0.157. The van der Waals surface area contributed by atoms with Crippen LogP contribution in [0.1, 0.15) is 27.9 Å². The first-order valence-corrected chi connectivity index (χ1v) is 10.9. The summed E-state index contributed by atoms with van der Waals surface area (Å²) in [6, 6.07) is 5.86. The number of halogens is 2. The first-order valence-electron chi connectivity index (χ1n) is 8.55. The van der Waals surface area contributed by atoms with Gasteiger partial charge in [-0.25, -0.2) is 4.98 Å². The molecule has 1 amide bonds. The van der Waals surface area contributed by atoms with E-state index in [1.54, 1.807) is 11.0 Å². The standard InChI is InChI=1S/C19H21Cl2N3OS2/c1-11-8-12(2)16-14(9-11)26-19(22-16)24(7-5-6-23(3)4)18(25)13-10-15(20)27-17(13)21/h8-10H,5-7H2,1-4H3. The second-order valence-electron chi connectivity index (χ2n) is 6.78. The van der Waals surface area contributed by atoms with Gasteiger partial charge in [-0.2, -0.15) is 0 Å². The highest BCUT2D eigenvalue weighted by Gasteiger charge is 2.25. The molecule has 2 aromatic heterocycles. The van der Waals surface area contributed by atoms with E-state index in [9.17, 15) is 4.79 Å². The zero-order valence-electron chi connectivity index (χ0n) is 15.7. The van der Waals surface area contributed by atoms with E-state index < -0.39 is 0 Å². The molecule has 144 valence electrons. The Kier molecular flexibility index (Phi) is 6.43. The van der Waals surface area contributed by atoms with E-state index in [-0.39, 0.29) is 5.91 Å². The maximum absolute atomic E-state index is 13.2. The van der Waals surface area contributed by atoms with Crippen molar-refractivity contribution in [3.05, 3.63) is 43.6 Å². The molecule has 0 spiro atoms. The number of nitrogens with zero attached hydrogens (tertiary/aromatic N) is 3. The predicted octanol–water partition coefficient (Wildman–Crippen LogP) is 5.88. The SMILES string of the molecule is Cc1cc(C)c2nc(N(CCCN(C)C)C(=O)c3cc(Cl)sc3Cl)sc2c1. The lowest BCUT2D eigenvalue weighted by atomic mass is 10.1. The van der Waals surface area contributed by atoms with Gasteiger partial charge in [0.1, 0.15) is 4.34 Å². The van der Waals surface area contributed by atoms with E-state index >= 15 is 0 Å². The normalized spacial score (nSPS) is 11.5. The van der Waals surface area contributed by atoms with Gasteiger partial charge in [0, 0.05) is 6.54 Å². The Morgan fingerprint density at radius 3 is 2.48 bits per heavy atom. The van der Waals surface area contributed by atoms with E-state index in [1.807, 2.05) is 21.0 Å². The second-order valence-corrected chi connectivity index (χ2v) is 10.1. The summed E-state index contributed by atoms with van der Waals surface area (Å²) in [6.07, 6.45) is 0.835. The molecular formula is C19H21Cl2N3OS2. The van der Waals surface area contributed by atoms with Crippen LogP contribution in [0.5, 0.6) is 0 Å². The number of benzene rings is 1. The molecule has 0 radical (unpaired) electrons. The molecule has 0 N–H and O–H groups in total. The van der Waals surface area contributed by atoms with E-state index in [4.69, 9.17) is 28.2 Å². The van der Waals surface area contributed by atoms with Gasteiger partial charge in [0.15, 0.2) is 5.13 Å². The number of carbonyl (C=O) groups excluding carboxylic acids is 1. The average Bonchev–Trinajstić information content (AvgIpc) is 3.13. The Morgan fingerprint density at radius 2 is 1.85 bits per heavy atom. The third kappa shape index (κ3) is 4.63. The number of anilines is 1. The number of carbonyl (C=O) groups is 1. The molecule has 0 aliphatic rings. The third-order valence-corrected chi connectivity index (χ3v) is 6.68. The molecule has 0 atom stereocenters.